The molecular formula is C15H12O4Zn. The van der Waals surface area contributed by atoms with Gasteiger partial charge in [0, 0.05) is 5.97 Å². The first-order chi connectivity index (χ1) is 8.93. The molecule has 0 atom stereocenters. The van der Waals surface area contributed by atoms with Crippen molar-refractivity contribution in [2.75, 3.05) is 0 Å². The maximum Gasteiger partial charge on any atom is 2.00 e. The summed E-state index contributed by atoms with van der Waals surface area (Å²) in [4.78, 5) is 19.5. The van der Waals surface area contributed by atoms with Gasteiger partial charge < -0.3 is 19.8 Å². The summed E-state index contributed by atoms with van der Waals surface area (Å²) in [5.41, 5.74) is 1.22. The zero-order valence-corrected chi connectivity index (χ0v) is 14.1. The molecule has 0 aromatic heterocycles. The number of carbonyl (C=O) groups excluding carboxylic acids is 2. The minimum absolute atomic E-state index is 0. The molecule has 0 amide bonds. The third-order valence-corrected chi connectivity index (χ3v) is 2.34. The quantitative estimate of drug-likeness (QED) is 0.759. The van der Waals surface area contributed by atoms with Crippen LogP contribution < -0.4 is 10.2 Å². The molecule has 2 aromatic rings. The van der Waals surface area contributed by atoms with Gasteiger partial charge in [0.1, 0.15) is 0 Å². The maximum atomic E-state index is 10.6. The number of benzene rings is 2. The van der Waals surface area contributed by atoms with Crippen molar-refractivity contribution in [2.45, 2.75) is 6.92 Å². The van der Waals surface area contributed by atoms with Crippen LogP contribution in [0.3, 0.4) is 0 Å². The average Bonchev–Trinajstić information content (AvgIpc) is 2.36. The van der Waals surface area contributed by atoms with Crippen LogP contribution in [0.2, 0.25) is 0 Å². The Kier molecular flexibility index (Phi) is 7.41. The number of aliphatic carboxylic acids is 1. The predicted molar refractivity (Wildman–Crippen MR) is 69.1 cm³/mol. The minimum Gasteiger partial charge on any atom is -0.550 e. The van der Waals surface area contributed by atoms with Crippen molar-refractivity contribution in [3.05, 3.63) is 54.1 Å². The molecule has 4 nitrogen and oxygen atoms in total. The first-order valence-electron chi connectivity index (χ1n) is 5.49. The maximum absolute atomic E-state index is 10.6. The topological polar surface area (TPSA) is 80.3 Å². The fourth-order valence-electron chi connectivity index (χ4n) is 1.52. The standard InChI is InChI=1S/C13H10O2.C2H4O2.Zn/c1-2-9-3-4-11-8-12(13(14)15)6-5-10(11)7-9;1-2(3)4;/h2-8H,1H2,(H,14,15);1H3,(H,3,4);/q;;+2/p-2. The van der Waals surface area contributed by atoms with Gasteiger partial charge in [-0.15, -0.1) is 0 Å². The van der Waals surface area contributed by atoms with E-state index in [1.807, 2.05) is 18.2 Å². The van der Waals surface area contributed by atoms with Gasteiger partial charge in [-0.25, -0.2) is 0 Å². The molecule has 0 aliphatic carbocycles. The zero-order chi connectivity index (χ0) is 14.4. The van der Waals surface area contributed by atoms with E-state index in [2.05, 4.69) is 6.58 Å². The van der Waals surface area contributed by atoms with Gasteiger partial charge in [-0.05, 0) is 41.0 Å². The molecule has 2 aromatic carbocycles. The Balaban J connectivity index is 0.000000644. The van der Waals surface area contributed by atoms with Gasteiger partial charge in [-0.3, -0.25) is 0 Å². The monoisotopic (exact) mass is 320 g/mol. The van der Waals surface area contributed by atoms with E-state index in [9.17, 15) is 9.90 Å². The van der Waals surface area contributed by atoms with Gasteiger partial charge in [0.2, 0.25) is 0 Å². The first kappa shape index (κ1) is 18.0. The summed E-state index contributed by atoms with van der Waals surface area (Å²) in [5.74, 6) is -2.23. The molecule has 0 bridgehead atoms. The Morgan fingerprint density at radius 3 is 2.05 bits per heavy atom. The van der Waals surface area contributed by atoms with Crippen LogP contribution in [0.4, 0.5) is 0 Å². The van der Waals surface area contributed by atoms with Gasteiger partial charge >= 0.3 is 19.5 Å². The summed E-state index contributed by atoms with van der Waals surface area (Å²) in [7, 11) is 0. The Morgan fingerprint density at radius 2 is 1.55 bits per heavy atom. The summed E-state index contributed by atoms with van der Waals surface area (Å²) in [6, 6.07) is 10.7. The number of carboxylic acids is 2. The second kappa shape index (κ2) is 8.23. The van der Waals surface area contributed by atoms with Crippen molar-refractivity contribution in [3.63, 3.8) is 0 Å². The molecule has 0 aliphatic heterocycles. The van der Waals surface area contributed by atoms with Crippen LogP contribution in [-0.2, 0) is 24.3 Å². The second-order valence-electron chi connectivity index (χ2n) is 3.80. The van der Waals surface area contributed by atoms with Gasteiger partial charge in [0.15, 0.2) is 0 Å². The Bertz CT molecular complexity index is 631. The molecule has 0 radical (unpaired) electrons. The van der Waals surface area contributed by atoms with E-state index in [-0.39, 0.29) is 25.0 Å². The van der Waals surface area contributed by atoms with Crippen LogP contribution in [0.15, 0.2) is 43.0 Å². The second-order valence-corrected chi connectivity index (χ2v) is 3.80. The zero-order valence-electron chi connectivity index (χ0n) is 11.1. The van der Waals surface area contributed by atoms with E-state index in [1.54, 1.807) is 24.3 Å². The van der Waals surface area contributed by atoms with Crippen molar-refractivity contribution < 1.29 is 39.3 Å². The minimum atomic E-state index is -1.15. The van der Waals surface area contributed by atoms with Gasteiger partial charge in [0.25, 0.3) is 0 Å². The number of hydrogen-bond acceptors (Lipinski definition) is 4. The fraction of sp³-hybridized carbons (Fsp3) is 0.0667. The third kappa shape index (κ3) is 5.33. The summed E-state index contributed by atoms with van der Waals surface area (Å²) >= 11 is 0. The number of fused-ring (bicyclic) bond motifs is 1. The Hall–Kier alpha value is -2.00. The van der Waals surface area contributed by atoms with E-state index in [1.165, 1.54) is 0 Å². The van der Waals surface area contributed by atoms with E-state index in [4.69, 9.17) is 9.90 Å². The van der Waals surface area contributed by atoms with Crippen LogP contribution in [0.1, 0.15) is 22.8 Å². The van der Waals surface area contributed by atoms with Crippen LogP contribution in [0, 0.1) is 0 Å². The van der Waals surface area contributed by atoms with E-state index in [0.29, 0.717) is 0 Å². The molecule has 0 saturated carbocycles. The van der Waals surface area contributed by atoms with Gasteiger partial charge in [0.05, 0.1) is 5.97 Å². The van der Waals surface area contributed by atoms with Crippen molar-refractivity contribution >= 4 is 28.8 Å². The molecule has 98 valence electrons. The summed E-state index contributed by atoms with van der Waals surface area (Å²) in [5, 5.41) is 21.4. The SMILES string of the molecule is C=Cc1ccc2cc(C(=O)[O-])ccc2c1.CC(=O)[O-].[Zn+2]. The largest absolute Gasteiger partial charge is 2.00 e. The average molecular weight is 322 g/mol. The van der Waals surface area contributed by atoms with Crippen molar-refractivity contribution in [1.29, 1.82) is 0 Å². The van der Waals surface area contributed by atoms with E-state index >= 15 is 0 Å². The van der Waals surface area contributed by atoms with Crippen LogP contribution in [0.5, 0.6) is 0 Å². The van der Waals surface area contributed by atoms with Gasteiger partial charge in [-0.2, -0.15) is 0 Å². The van der Waals surface area contributed by atoms with Gasteiger partial charge in [-0.1, -0.05) is 36.9 Å². The Labute approximate surface area is 129 Å². The molecule has 0 spiro atoms. The number of carboxylic acid groups (broad SMARTS) is 2. The molecule has 20 heavy (non-hydrogen) atoms. The number of aromatic carboxylic acids is 1. The molecule has 0 saturated heterocycles. The van der Waals surface area contributed by atoms with Crippen molar-refractivity contribution in [3.8, 4) is 0 Å². The first-order valence-corrected chi connectivity index (χ1v) is 5.49. The van der Waals surface area contributed by atoms with Crippen molar-refractivity contribution in [1.82, 2.24) is 0 Å². The number of carbonyl (C=O) groups is 2. The molecule has 2 rings (SSSR count). The molecule has 0 fully saturated rings. The molecule has 5 heteroatoms. The van der Waals surface area contributed by atoms with E-state index < -0.39 is 11.9 Å². The van der Waals surface area contributed by atoms with Crippen molar-refractivity contribution in [2.24, 2.45) is 0 Å². The summed E-state index contributed by atoms with van der Waals surface area (Å²) < 4.78 is 0. The smallest absolute Gasteiger partial charge is 0.550 e. The fourth-order valence-corrected chi connectivity index (χ4v) is 1.52. The van der Waals surface area contributed by atoms with E-state index in [0.717, 1.165) is 23.3 Å². The summed E-state index contributed by atoms with van der Waals surface area (Å²) in [6.45, 7) is 4.65. The molecule has 0 heterocycles. The summed E-state index contributed by atoms with van der Waals surface area (Å²) in [6.07, 6.45) is 1.76. The normalized spacial score (nSPS) is 8.85. The molecule has 0 unspecified atom stereocenters. The van der Waals surface area contributed by atoms with Crippen LogP contribution in [-0.4, -0.2) is 11.9 Å². The number of rotatable bonds is 2. The molecule has 0 aliphatic rings. The molecule has 0 N–H and O–H groups in total. The Morgan fingerprint density at radius 1 is 1.05 bits per heavy atom. The number of hydrogen-bond donors (Lipinski definition) is 0. The predicted octanol–water partition coefficient (Wildman–Crippen LogP) is 0.600. The van der Waals surface area contributed by atoms with Crippen LogP contribution >= 0.6 is 0 Å². The van der Waals surface area contributed by atoms with Crippen LogP contribution in [0.25, 0.3) is 16.8 Å². The third-order valence-electron chi connectivity index (χ3n) is 2.34. The molecular weight excluding hydrogens is 310 g/mol.